The van der Waals surface area contributed by atoms with Gasteiger partial charge in [0.25, 0.3) is 0 Å². The quantitative estimate of drug-likeness (QED) is 0.464. The number of hydrogen-bond donors (Lipinski definition) is 1. The van der Waals surface area contributed by atoms with E-state index in [2.05, 4.69) is 6.92 Å². The molecule has 0 aromatic carbocycles. The number of carbonyl (C=O) groups excluding carboxylic acids is 2. The van der Waals surface area contributed by atoms with Crippen LogP contribution >= 0.6 is 0 Å². The molecule has 2 atom stereocenters. The van der Waals surface area contributed by atoms with Crippen molar-refractivity contribution < 1.29 is 19.4 Å². The second kappa shape index (κ2) is 11.0. The number of unbranched alkanes of at least 4 members (excludes halogenated alkanes) is 2. The minimum Gasteiger partial charge on any atom is -0.463 e. The Bertz CT molecular complexity index is 263. The fourth-order valence-electron chi connectivity index (χ4n) is 2.13. The van der Waals surface area contributed by atoms with Crippen molar-refractivity contribution in [2.75, 3.05) is 0 Å². The molecule has 0 radical (unpaired) electrons. The lowest BCUT2D eigenvalue weighted by Crippen LogP contribution is -2.18. The summed E-state index contributed by atoms with van der Waals surface area (Å²) in [5.74, 6) is -0.238. The zero-order valence-corrected chi connectivity index (χ0v) is 12.5. The number of aliphatic hydroxyl groups excluding tert-OH is 1. The maximum Gasteiger partial charge on any atom is 0.302 e. The van der Waals surface area contributed by atoms with Crippen molar-refractivity contribution in [2.45, 2.75) is 84.3 Å². The molecule has 0 saturated heterocycles. The van der Waals surface area contributed by atoms with Gasteiger partial charge in [0.15, 0.2) is 0 Å². The summed E-state index contributed by atoms with van der Waals surface area (Å²) in [5, 5.41) is 9.60. The van der Waals surface area contributed by atoms with Gasteiger partial charge in [-0.1, -0.05) is 19.8 Å². The van der Waals surface area contributed by atoms with Gasteiger partial charge in [-0.25, -0.2) is 0 Å². The van der Waals surface area contributed by atoms with E-state index in [4.69, 9.17) is 4.74 Å². The van der Waals surface area contributed by atoms with E-state index in [0.29, 0.717) is 6.42 Å². The maximum atomic E-state index is 11.0. The van der Waals surface area contributed by atoms with E-state index in [-0.39, 0.29) is 24.3 Å². The van der Waals surface area contributed by atoms with Crippen molar-refractivity contribution in [1.29, 1.82) is 0 Å². The maximum absolute atomic E-state index is 11.0. The number of carbonyl (C=O) groups is 2. The van der Waals surface area contributed by atoms with Crippen molar-refractivity contribution in [2.24, 2.45) is 0 Å². The van der Waals surface area contributed by atoms with Gasteiger partial charge in [0, 0.05) is 13.3 Å². The Kier molecular flexibility index (Phi) is 10.5. The number of aliphatic hydroxyl groups is 1. The summed E-state index contributed by atoms with van der Waals surface area (Å²) in [6.07, 6.45) is 5.96. The predicted octanol–water partition coefficient (Wildman–Crippen LogP) is 3.01. The van der Waals surface area contributed by atoms with Gasteiger partial charge in [-0.15, -0.1) is 0 Å². The molecule has 0 aliphatic rings. The normalized spacial score (nSPS) is 13.9. The number of hydrogen-bond acceptors (Lipinski definition) is 4. The topological polar surface area (TPSA) is 63.6 Å². The third-order valence-electron chi connectivity index (χ3n) is 3.05. The van der Waals surface area contributed by atoms with Gasteiger partial charge >= 0.3 is 5.97 Å². The van der Waals surface area contributed by atoms with Gasteiger partial charge in [0.05, 0.1) is 6.10 Å². The molecule has 0 aromatic rings. The van der Waals surface area contributed by atoms with Gasteiger partial charge in [-0.05, 0) is 39.0 Å². The lowest BCUT2D eigenvalue weighted by Gasteiger charge is -2.17. The molecule has 0 heterocycles. The lowest BCUT2D eigenvalue weighted by atomic mass is 10.0. The predicted molar refractivity (Wildman–Crippen MR) is 74.9 cm³/mol. The Morgan fingerprint density at radius 2 is 1.68 bits per heavy atom. The molecule has 0 bridgehead atoms. The average Bonchev–Trinajstić information content (AvgIpc) is 2.27. The highest BCUT2D eigenvalue weighted by molar-refractivity contribution is 5.75. The molecule has 4 nitrogen and oxygen atoms in total. The Balaban J connectivity index is 3.89. The molecule has 0 amide bonds. The van der Waals surface area contributed by atoms with Gasteiger partial charge in [0.2, 0.25) is 0 Å². The van der Waals surface area contributed by atoms with Crippen molar-refractivity contribution >= 4 is 11.8 Å². The van der Waals surface area contributed by atoms with E-state index in [9.17, 15) is 14.7 Å². The SMILES string of the molecule is CCCCCC(CCCC(O)CC(C)=O)OC(C)=O. The molecule has 0 rings (SSSR count). The molecule has 2 unspecified atom stereocenters. The first-order valence-corrected chi connectivity index (χ1v) is 7.30. The molecule has 0 spiro atoms. The van der Waals surface area contributed by atoms with E-state index < -0.39 is 6.10 Å². The number of ketones is 1. The molecule has 4 heteroatoms. The number of Topliss-reactive ketones (excluding diaryl/α,β-unsaturated/α-hetero) is 1. The highest BCUT2D eigenvalue weighted by atomic mass is 16.5. The first-order chi connectivity index (χ1) is 8.95. The van der Waals surface area contributed by atoms with Crippen LogP contribution in [-0.2, 0) is 14.3 Å². The summed E-state index contributed by atoms with van der Waals surface area (Å²) in [4.78, 5) is 21.9. The summed E-state index contributed by atoms with van der Waals surface area (Å²) in [6.45, 7) is 5.05. The average molecular weight is 272 g/mol. The van der Waals surface area contributed by atoms with Crippen LogP contribution in [0.3, 0.4) is 0 Å². The molecular weight excluding hydrogens is 244 g/mol. The molecule has 0 aromatic heterocycles. The molecule has 0 aliphatic heterocycles. The van der Waals surface area contributed by atoms with Crippen molar-refractivity contribution in [3.63, 3.8) is 0 Å². The standard InChI is InChI=1S/C15H28O4/c1-4-5-6-9-15(19-13(3)17)10-7-8-14(18)11-12(2)16/h14-15,18H,4-11H2,1-3H3. The molecule has 0 fully saturated rings. The summed E-state index contributed by atoms with van der Waals surface area (Å²) in [7, 11) is 0. The zero-order chi connectivity index (χ0) is 14.7. The van der Waals surface area contributed by atoms with Gasteiger partial charge in [-0.2, -0.15) is 0 Å². The van der Waals surface area contributed by atoms with Crippen LogP contribution in [0.1, 0.15) is 72.1 Å². The lowest BCUT2D eigenvalue weighted by molar-refractivity contribution is -0.147. The summed E-state index contributed by atoms with van der Waals surface area (Å²) < 4.78 is 5.27. The van der Waals surface area contributed by atoms with Crippen LogP contribution in [0.15, 0.2) is 0 Å². The first-order valence-electron chi connectivity index (χ1n) is 7.30. The van der Waals surface area contributed by atoms with Crippen LogP contribution in [0, 0.1) is 0 Å². The number of esters is 1. The number of rotatable bonds is 11. The molecule has 19 heavy (non-hydrogen) atoms. The summed E-state index contributed by atoms with van der Waals surface area (Å²) in [5.41, 5.74) is 0. The molecular formula is C15H28O4. The smallest absolute Gasteiger partial charge is 0.302 e. The van der Waals surface area contributed by atoms with E-state index in [1.807, 2.05) is 0 Å². The Morgan fingerprint density at radius 3 is 2.21 bits per heavy atom. The largest absolute Gasteiger partial charge is 0.463 e. The third kappa shape index (κ3) is 11.9. The van der Waals surface area contributed by atoms with Crippen LogP contribution in [0.5, 0.6) is 0 Å². The monoisotopic (exact) mass is 272 g/mol. The second-order valence-electron chi connectivity index (χ2n) is 5.22. The Hall–Kier alpha value is -0.900. The summed E-state index contributed by atoms with van der Waals surface area (Å²) in [6, 6.07) is 0. The van der Waals surface area contributed by atoms with Gasteiger partial charge < -0.3 is 9.84 Å². The van der Waals surface area contributed by atoms with E-state index in [0.717, 1.165) is 38.5 Å². The third-order valence-corrected chi connectivity index (χ3v) is 3.05. The first kappa shape index (κ1) is 18.1. The van der Waals surface area contributed by atoms with Crippen LogP contribution in [0.2, 0.25) is 0 Å². The molecule has 0 saturated carbocycles. The van der Waals surface area contributed by atoms with Crippen LogP contribution in [0.25, 0.3) is 0 Å². The van der Waals surface area contributed by atoms with Crippen LogP contribution in [-0.4, -0.2) is 29.1 Å². The minimum absolute atomic E-state index is 0.00646. The second-order valence-corrected chi connectivity index (χ2v) is 5.22. The Labute approximate surface area is 116 Å². The minimum atomic E-state index is -0.564. The highest BCUT2D eigenvalue weighted by Crippen LogP contribution is 2.15. The Morgan fingerprint density at radius 1 is 1.05 bits per heavy atom. The molecule has 112 valence electrons. The van der Waals surface area contributed by atoms with Crippen molar-refractivity contribution in [3.8, 4) is 0 Å². The van der Waals surface area contributed by atoms with E-state index >= 15 is 0 Å². The van der Waals surface area contributed by atoms with Crippen molar-refractivity contribution in [1.82, 2.24) is 0 Å². The zero-order valence-electron chi connectivity index (χ0n) is 12.5. The number of ether oxygens (including phenoxy) is 1. The van der Waals surface area contributed by atoms with Crippen LogP contribution in [0.4, 0.5) is 0 Å². The van der Waals surface area contributed by atoms with E-state index in [1.165, 1.54) is 13.8 Å². The molecule has 0 aliphatic carbocycles. The van der Waals surface area contributed by atoms with Gasteiger partial charge in [-0.3, -0.25) is 9.59 Å². The molecule has 1 N–H and O–H groups in total. The van der Waals surface area contributed by atoms with Crippen LogP contribution < -0.4 is 0 Å². The van der Waals surface area contributed by atoms with Crippen molar-refractivity contribution in [3.05, 3.63) is 0 Å². The highest BCUT2D eigenvalue weighted by Gasteiger charge is 2.13. The summed E-state index contributed by atoms with van der Waals surface area (Å²) >= 11 is 0. The fraction of sp³-hybridized carbons (Fsp3) is 0.867. The fourth-order valence-corrected chi connectivity index (χ4v) is 2.13. The van der Waals surface area contributed by atoms with E-state index in [1.54, 1.807) is 0 Å². The van der Waals surface area contributed by atoms with Gasteiger partial charge in [0.1, 0.15) is 11.9 Å².